The zero-order valence-electron chi connectivity index (χ0n) is 15.1. The summed E-state index contributed by atoms with van der Waals surface area (Å²) < 4.78 is 11.4. The van der Waals surface area contributed by atoms with Gasteiger partial charge >= 0.3 is 0 Å². The Hall–Kier alpha value is -2.98. The number of benzene rings is 2. The summed E-state index contributed by atoms with van der Waals surface area (Å²) >= 11 is 3.40. The van der Waals surface area contributed by atoms with E-state index in [1.54, 1.807) is 18.2 Å². The summed E-state index contributed by atoms with van der Waals surface area (Å²) in [7, 11) is 3.03. The Morgan fingerprint density at radius 3 is 2.56 bits per heavy atom. The fourth-order valence-electron chi connectivity index (χ4n) is 2.29. The van der Waals surface area contributed by atoms with Gasteiger partial charge in [0.1, 0.15) is 23.1 Å². The van der Waals surface area contributed by atoms with Gasteiger partial charge in [-0.05, 0) is 36.2 Å². The summed E-state index contributed by atoms with van der Waals surface area (Å²) in [4.78, 5) is 12.4. The first-order valence-electron chi connectivity index (χ1n) is 8.19. The lowest BCUT2D eigenvalue weighted by Crippen LogP contribution is -2.18. The van der Waals surface area contributed by atoms with Crippen molar-refractivity contribution in [1.82, 2.24) is 5.32 Å². The molecular weight excluding hydrogens is 410 g/mol. The Kier molecular flexibility index (Phi) is 7.71. The Morgan fingerprint density at radius 2 is 1.93 bits per heavy atom. The maximum atomic E-state index is 12.4. The van der Waals surface area contributed by atoms with E-state index in [4.69, 9.17) is 9.47 Å². The van der Waals surface area contributed by atoms with E-state index in [1.807, 2.05) is 30.3 Å². The number of hydrogen-bond acceptors (Lipinski definition) is 5. The molecule has 0 aliphatic carbocycles. The van der Waals surface area contributed by atoms with Crippen molar-refractivity contribution in [3.05, 3.63) is 64.3 Å². The first-order chi connectivity index (χ1) is 13.1. The van der Waals surface area contributed by atoms with Crippen molar-refractivity contribution in [3.63, 3.8) is 0 Å². The summed E-state index contributed by atoms with van der Waals surface area (Å²) in [6.45, 7) is 0.600. The molecule has 2 N–H and O–H groups in total. The molecule has 6 nitrogen and oxygen atoms in total. The lowest BCUT2D eigenvalue weighted by Gasteiger charge is -2.11. The van der Waals surface area contributed by atoms with Crippen LogP contribution in [0.3, 0.4) is 0 Å². The number of methoxy groups -OCH3 is 2. The first kappa shape index (κ1) is 20.3. The van der Waals surface area contributed by atoms with E-state index in [2.05, 4.69) is 26.6 Å². The third-order valence-electron chi connectivity index (χ3n) is 3.74. The number of nitrogens with zero attached hydrogens (tertiary/aromatic N) is 1. The minimum Gasteiger partial charge on any atom is -0.497 e. The number of anilines is 1. The maximum absolute atomic E-state index is 12.4. The fourth-order valence-corrected chi connectivity index (χ4v) is 2.56. The maximum Gasteiger partial charge on any atom is 0.267 e. The van der Waals surface area contributed by atoms with E-state index in [9.17, 15) is 10.1 Å². The van der Waals surface area contributed by atoms with E-state index >= 15 is 0 Å². The van der Waals surface area contributed by atoms with Gasteiger partial charge in [-0.2, -0.15) is 5.26 Å². The van der Waals surface area contributed by atoms with Gasteiger partial charge in [0, 0.05) is 23.3 Å². The number of hydrogen-bond donors (Lipinski definition) is 2. The van der Waals surface area contributed by atoms with Crippen molar-refractivity contribution in [1.29, 1.82) is 5.26 Å². The molecule has 0 saturated carbocycles. The predicted octanol–water partition coefficient (Wildman–Crippen LogP) is 3.64. The summed E-state index contributed by atoms with van der Waals surface area (Å²) in [5.74, 6) is 0.519. The third-order valence-corrected chi connectivity index (χ3v) is 4.27. The van der Waals surface area contributed by atoms with E-state index in [-0.39, 0.29) is 5.57 Å². The number of ether oxygens (including phenoxy) is 2. The fraction of sp³-hybridized carbons (Fsp3) is 0.200. The molecule has 0 aromatic heterocycles. The van der Waals surface area contributed by atoms with Gasteiger partial charge in [0.05, 0.1) is 19.9 Å². The van der Waals surface area contributed by atoms with E-state index in [0.29, 0.717) is 23.7 Å². The molecule has 2 aromatic carbocycles. The second kappa shape index (κ2) is 10.2. The van der Waals surface area contributed by atoms with Gasteiger partial charge in [-0.25, -0.2) is 0 Å². The second-order valence-electron chi connectivity index (χ2n) is 5.52. The van der Waals surface area contributed by atoms with E-state index < -0.39 is 5.91 Å². The Morgan fingerprint density at radius 1 is 1.19 bits per heavy atom. The molecule has 7 heteroatoms. The quantitative estimate of drug-likeness (QED) is 0.380. The van der Waals surface area contributed by atoms with Crippen LogP contribution in [-0.4, -0.2) is 26.7 Å². The topological polar surface area (TPSA) is 83.4 Å². The van der Waals surface area contributed by atoms with Crippen LogP contribution >= 0.6 is 15.9 Å². The van der Waals surface area contributed by atoms with E-state index in [0.717, 1.165) is 16.5 Å². The first-order valence-corrected chi connectivity index (χ1v) is 8.98. The van der Waals surface area contributed by atoms with Gasteiger partial charge in [0.2, 0.25) is 0 Å². The normalized spacial score (nSPS) is 10.7. The van der Waals surface area contributed by atoms with Crippen molar-refractivity contribution < 1.29 is 14.3 Å². The predicted molar refractivity (Wildman–Crippen MR) is 108 cm³/mol. The number of nitrogens with one attached hydrogen (secondary N) is 2. The molecule has 2 rings (SSSR count). The molecule has 2 aromatic rings. The molecule has 0 saturated heterocycles. The number of carbonyl (C=O) groups is 1. The molecule has 140 valence electrons. The number of halogens is 1. The van der Waals surface area contributed by atoms with Crippen LogP contribution < -0.4 is 20.1 Å². The largest absolute Gasteiger partial charge is 0.497 e. The minimum absolute atomic E-state index is 0.0318. The van der Waals surface area contributed by atoms with Crippen LogP contribution in [0.15, 0.2) is 58.7 Å². The SMILES string of the molecule is COc1ccc(OC)c(NC(=O)/C(C#N)=C\NCCc2ccc(Br)cc2)c1. The number of rotatable bonds is 8. The highest BCUT2D eigenvalue weighted by molar-refractivity contribution is 9.10. The minimum atomic E-state index is -0.528. The standard InChI is InChI=1S/C20H20BrN3O3/c1-26-17-7-8-19(27-2)18(11-17)24-20(25)15(12-22)13-23-10-9-14-3-5-16(21)6-4-14/h3-8,11,13,23H,9-10H2,1-2H3,(H,24,25)/b15-13-. The van der Waals surface area contributed by atoms with Crippen LogP contribution in [0.25, 0.3) is 0 Å². The van der Waals surface area contributed by atoms with Gasteiger partial charge < -0.3 is 20.1 Å². The van der Waals surface area contributed by atoms with Crippen molar-refractivity contribution in [3.8, 4) is 17.6 Å². The molecule has 0 unspecified atom stereocenters. The molecule has 0 radical (unpaired) electrons. The summed E-state index contributed by atoms with van der Waals surface area (Å²) in [6, 6.07) is 14.9. The van der Waals surface area contributed by atoms with Crippen molar-refractivity contribution >= 4 is 27.5 Å². The van der Waals surface area contributed by atoms with Gasteiger partial charge in [-0.3, -0.25) is 4.79 Å². The van der Waals surface area contributed by atoms with Crippen LogP contribution in [0, 0.1) is 11.3 Å². The van der Waals surface area contributed by atoms with Gasteiger partial charge in [-0.15, -0.1) is 0 Å². The highest BCUT2D eigenvalue weighted by Crippen LogP contribution is 2.29. The lowest BCUT2D eigenvalue weighted by molar-refractivity contribution is -0.112. The van der Waals surface area contributed by atoms with Crippen LogP contribution in [-0.2, 0) is 11.2 Å². The lowest BCUT2D eigenvalue weighted by atomic mass is 10.1. The van der Waals surface area contributed by atoms with Gasteiger partial charge in [0.25, 0.3) is 5.91 Å². The average Bonchev–Trinajstić information content (AvgIpc) is 2.69. The molecule has 1 amide bonds. The molecule has 0 aliphatic heterocycles. The molecule has 0 heterocycles. The summed E-state index contributed by atoms with van der Waals surface area (Å²) in [6.07, 6.45) is 2.19. The smallest absolute Gasteiger partial charge is 0.267 e. The second-order valence-corrected chi connectivity index (χ2v) is 6.44. The van der Waals surface area contributed by atoms with Crippen molar-refractivity contribution in [2.24, 2.45) is 0 Å². The molecule has 0 bridgehead atoms. The highest BCUT2D eigenvalue weighted by Gasteiger charge is 2.13. The van der Waals surface area contributed by atoms with Crippen molar-refractivity contribution in [2.75, 3.05) is 26.1 Å². The van der Waals surface area contributed by atoms with E-state index in [1.165, 1.54) is 20.4 Å². The molecule has 27 heavy (non-hydrogen) atoms. The molecule has 0 aliphatic rings. The molecule has 0 fully saturated rings. The Bertz CT molecular complexity index is 858. The Balaban J connectivity index is 1.97. The van der Waals surface area contributed by atoms with Gasteiger partial charge in [0.15, 0.2) is 0 Å². The van der Waals surface area contributed by atoms with Crippen LogP contribution in [0.5, 0.6) is 11.5 Å². The third kappa shape index (κ3) is 6.04. The van der Waals surface area contributed by atoms with Gasteiger partial charge in [-0.1, -0.05) is 28.1 Å². The summed E-state index contributed by atoms with van der Waals surface area (Å²) in [5, 5.41) is 14.9. The average molecular weight is 430 g/mol. The monoisotopic (exact) mass is 429 g/mol. The van der Waals surface area contributed by atoms with Crippen LogP contribution in [0.4, 0.5) is 5.69 Å². The molecule has 0 atom stereocenters. The zero-order chi connectivity index (χ0) is 19.6. The van der Waals surface area contributed by atoms with Crippen LogP contribution in [0.1, 0.15) is 5.56 Å². The van der Waals surface area contributed by atoms with Crippen molar-refractivity contribution in [2.45, 2.75) is 6.42 Å². The highest BCUT2D eigenvalue weighted by atomic mass is 79.9. The van der Waals surface area contributed by atoms with Crippen LogP contribution in [0.2, 0.25) is 0 Å². The zero-order valence-corrected chi connectivity index (χ0v) is 16.7. The number of nitriles is 1. The molecule has 0 spiro atoms. The number of amides is 1. The number of carbonyl (C=O) groups excluding carboxylic acids is 1. The summed E-state index contributed by atoms with van der Waals surface area (Å²) in [5.41, 5.74) is 1.55. The Labute approximate surface area is 166 Å². The molecular formula is C20H20BrN3O3.